The Morgan fingerprint density at radius 2 is 2.08 bits per heavy atom. The summed E-state index contributed by atoms with van der Waals surface area (Å²) in [4.78, 5) is 6.78. The number of hydrogen-bond donors (Lipinski definition) is 0. The maximum atomic E-state index is 5.91. The van der Waals surface area contributed by atoms with E-state index in [1.165, 1.54) is 6.42 Å². The molecule has 2 aliphatic rings. The molecule has 1 saturated carbocycles. The van der Waals surface area contributed by atoms with Crippen LogP contribution in [-0.4, -0.2) is 42.3 Å². The number of nitrogens with zero attached hydrogens (tertiary/aromatic N) is 3. The summed E-state index contributed by atoms with van der Waals surface area (Å²) in [5, 5.41) is 4.26. The molecule has 126 valence electrons. The second-order valence-corrected chi connectivity index (χ2v) is 6.99. The maximum Gasteiger partial charge on any atom is 0.261 e. The van der Waals surface area contributed by atoms with E-state index in [1.54, 1.807) is 0 Å². The summed E-state index contributed by atoms with van der Waals surface area (Å²) < 4.78 is 11.5. The highest BCUT2D eigenvalue weighted by Crippen LogP contribution is 2.48. The van der Waals surface area contributed by atoms with Gasteiger partial charge in [-0.1, -0.05) is 29.4 Å². The van der Waals surface area contributed by atoms with E-state index < -0.39 is 0 Å². The van der Waals surface area contributed by atoms with E-state index in [4.69, 9.17) is 9.26 Å². The van der Waals surface area contributed by atoms with Gasteiger partial charge in [0.1, 0.15) is 12.4 Å². The van der Waals surface area contributed by atoms with Crippen molar-refractivity contribution >= 4 is 0 Å². The molecule has 24 heavy (non-hydrogen) atoms. The first-order chi connectivity index (χ1) is 11.7. The number of rotatable bonds is 6. The monoisotopic (exact) mass is 325 g/mol. The van der Waals surface area contributed by atoms with Crippen LogP contribution in [0.15, 0.2) is 40.9 Å². The molecule has 1 fully saturated rings. The van der Waals surface area contributed by atoms with Crippen LogP contribution in [0.2, 0.25) is 0 Å². The number of benzene rings is 1. The molecule has 0 amide bonds. The summed E-state index contributed by atoms with van der Waals surface area (Å²) in [5.74, 6) is 3.86. The van der Waals surface area contributed by atoms with Gasteiger partial charge in [-0.2, -0.15) is 4.98 Å². The van der Waals surface area contributed by atoms with Crippen molar-refractivity contribution in [2.24, 2.45) is 11.8 Å². The number of allylic oxidation sites excluding steroid dienone is 2. The van der Waals surface area contributed by atoms with Gasteiger partial charge in [-0.15, -0.1) is 0 Å². The molecule has 1 aromatic carbocycles. The van der Waals surface area contributed by atoms with Crippen LogP contribution < -0.4 is 4.74 Å². The minimum atomic E-state index is 0.402. The summed E-state index contributed by atoms with van der Waals surface area (Å²) in [7, 11) is 4.06. The van der Waals surface area contributed by atoms with Crippen molar-refractivity contribution in [3.63, 3.8) is 0 Å². The van der Waals surface area contributed by atoms with E-state index in [1.807, 2.05) is 38.4 Å². The van der Waals surface area contributed by atoms with Gasteiger partial charge < -0.3 is 14.2 Å². The molecule has 4 rings (SSSR count). The number of para-hydroxylation sites is 1. The quantitative estimate of drug-likeness (QED) is 0.762. The van der Waals surface area contributed by atoms with Crippen LogP contribution in [0.1, 0.15) is 24.6 Å². The van der Waals surface area contributed by atoms with Crippen molar-refractivity contribution in [2.45, 2.75) is 18.8 Å². The lowest BCUT2D eigenvalue weighted by atomic mass is 9.93. The Kier molecular flexibility index (Phi) is 4.10. The van der Waals surface area contributed by atoms with E-state index in [2.05, 4.69) is 27.2 Å². The normalized spacial score (nSPS) is 24.9. The highest BCUT2D eigenvalue weighted by molar-refractivity contribution is 5.62. The second kappa shape index (κ2) is 6.40. The molecular weight excluding hydrogens is 302 g/mol. The first kappa shape index (κ1) is 15.4. The Labute approximate surface area is 142 Å². The smallest absolute Gasteiger partial charge is 0.261 e. The van der Waals surface area contributed by atoms with Crippen LogP contribution in [0.3, 0.4) is 0 Å². The standard InChI is InChI=1S/C19H23N3O2/c1-22(2)9-10-23-17-6-4-3-5-15(17)19-20-18(21-24-19)16-12-13-7-8-14(16)11-13/h3-8,13-14,16H,9-12H2,1-2H3. The highest BCUT2D eigenvalue weighted by Gasteiger charge is 2.39. The van der Waals surface area contributed by atoms with Gasteiger partial charge in [0.05, 0.1) is 5.56 Å². The molecule has 0 N–H and O–H groups in total. The van der Waals surface area contributed by atoms with Crippen molar-refractivity contribution in [3.8, 4) is 17.2 Å². The summed E-state index contributed by atoms with van der Waals surface area (Å²) in [6.07, 6.45) is 7.02. The Morgan fingerprint density at radius 3 is 2.83 bits per heavy atom. The number of hydrogen-bond acceptors (Lipinski definition) is 5. The Hall–Kier alpha value is -2.14. The van der Waals surface area contributed by atoms with Crippen LogP contribution in [0.25, 0.3) is 11.5 Å². The fraction of sp³-hybridized carbons (Fsp3) is 0.474. The lowest BCUT2D eigenvalue weighted by Crippen LogP contribution is -2.19. The minimum Gasteiger partial charge on any atom is -0.491 e. The van der Waals surface area contributed by atoms with Gasteiger partial charge in [0.15, 0.2) is 5.82 Å². The van der Waals surface area contributed by atoms with E-state index >= 15 is 0 Å². The van der Waals surface area contributed by atoms with Gasteiger partial charge in [-0.25, -0.2) is 0 Å². The SMILES string of the molecule is CN(C)CCOc1ccccc1-c1nc(C2CC3C=CC2C3)no1. The third kappa shape index (κ3) is 2.96. The lowest BCUT2D eigenvalue weighted by Gasteiger charge is -2.13. The third-order valence-corrected chi connectivity index (χ3v) is 4.97. The van der Waals surface area contributed by atoms with Crippen LogP contribution >= 0.6 is 0 Å². The summed E-state index contributed by atoms with van der Waals surface area (Å²) >= 11 is 0. The molecule has 0 aliphatic heterocycles. The van der Waals surface area contributed by atoms with Gasteiger partial charge in [0.25, 0.3) is 5.89 Å². The first-order valence-electron chi connectivity index (χ1n) is 8.59. The van der Waals surface area contributed by atoms with Gasteiger partial charge >= 0.3 is 0 Å². The first-order valence-corrected chi connectivity index (χ1v) is 8.59. The molecule has 2 bridgehead atoms. The van der Waals surface area contributed by atoms with Crippen molar-refractivity contribution in [3.05, 3.63) is 42.2 Å². The number of aromatic nitrogens is 2. The molecule has 1 heterocycles. The third-order valence-electron chi connectivity index (χ3n) is 4.97. The molecule has 5 heteroatoms. The van der Waals surface area contributed by atoms with Crippen molar-refractivity contribution in [1.29, 1.82) is 0 Å². The molecule has 2 aliphatic carbocycles. The van der Waals surface area contributed by atoms with E-state index in [0.717, 1.165) is 30.1 Å². The minimum absolute atomic E-state index is 0.402. The molecule has 3 atom stereocenters. The van der Waals surface area contributed by atoms with Gasteiger partial charge in [0.2, 0.25) is 0 Å². The van der Waals surface area contributed by atoms with Crippen LogP contribution in [-0.2, 0) is 0 Å². The molecule has 1 aromatic heterocycles. The highest BCUT2D eigenvalue weighted by atomic mass is 16.5. The molecule has 2 aromatic rings. The molecule has 3 unspecified atom stereocenters. The van der Waals surface area contributed by atoms with E-state index in [-0.39, 0.29) is 0 Å². The topological polar surface area (TPSA) is 51.4 Å². The molecule has 5 nitrogen and oxygen atoms in total. The largest absolute Gasteiger partial charge is 0.491 e. The molecule has 0 spiro atoms. The van der Waals surface area contributed by atoms with Crippen molar-refractivity contribution in [2.75, 3.05) is 27.2 Å². The van der Waals surface area contributed by atoms with Gasteiger partial charge in [0, 0.05) is 12.5 Å². The number of likely N-dealkylation sites (N-methyl/N-ethyl adjacent to an activating group) is 1. The lowest BCUT2D eigenvalue weighted by molar-refractivity contribution is 0.261. The second-order valence-electron chi connectivity index (χ2n) is 6.99. The predicted molar refractivity (Wildman–Crippen MR) is 91.9 cm³/mol. The Morgan fingerprint density at radius 1 is 1.21 bits per heavy atom. The fourth-order valence-corrected chi connectivity index (χ4v) is 3.68. The Balaban J connectivity index is 1.53. The zero-order valence-electron chi connectivity index (χ0n) is 14.2. The van der Waals surface area contributed by atoms with Gasteiger partial charge in [-0.3, -0.25) is 0 Å². The van der Waals surface area contributed by atoms with E-state index in [0.29, 0.717) is 30.3 Å². The van der Waals surface area contributed by atoms with Crippen molar-refractivity contribution < 1.29 is 9.26 Å². The zero-order chi connectivity index (χ0) is 16.5. The average molecular weight is 325 g/mol. The van der Waals surface area contributed by atoms with Crippen LogP contribution in [0.4, 0.5) is 0 Å². The summed E-state index contributed by atoms with van der Waals surface area (Å²) in [5.41, 5.74) is 0.869. The summed E-state index contributed by atoms with van der Waals surface area (Å²) in [6.45, 7) is 1.49. The molecular formula is C19H23N3O2. The maximum absolute atomic E-state index is 5.91. The average Bonchev–Trinajstić information content (AvgIpc) is 3.31. The number of fused-ring (bicyclic) bond motifs is 2. The van der Waals surface area contributed by atoms with E-state index in [9.17, 15) is 0 Å². The molecule has 0 radical (unpaired) electrons. The van der Waals surface area contributed by atoms with Crippen LogP contribution in [0.5, 0.6) is 5.75 Å². The fourth-order valence-electron chi connectivity index (χ4n) is 3.68. The predicted octanol–water partition coefficient (Wildman–Crippen LogP) is 3.36. The molecule has 0 saturated heterocycles. The van der Waals surface area contributed by atoms with Crippen molar-refractivity contribution in [1.82, 2.24) is 15.0 Å². The number of ether oxygens (including phenoxy) is 1. The Bertz CT molecular complexity index is 738. The summed E-state index contributed by atoms with van der Waals surface area (Å²) in [6, 6.07) is 7.86. The van der Waals surface area contributed by atoms with Crippen LogP contribution in [0, 0.1) is 11.8 Å². The zero-order valence-corrected chi connectivity index (χ0v) is 14.2. The van der Waals surface area contributed by atoms with Gasteiger partial charge in [-0.05, 0) is 50.9 Å².